The molecule has 2 rings (SSSR count). The molecule has 1 aliphatic heterocycles. The van der Waals surface area contributed by atoms with Crippen LogP contribution in [0.2, 0.25) is 0 Å². The minimum Gasteiger partial charge on any atom is -0.310 e. The Kier molecular flexibility index (Phi) is 4.82. The fourth-order valence-corrected chi connectivity index (χ4v) is 3.82. The van der Waals surface area contributed by atoms with Gasteiger partial charge in [0.2, 0.25) is 0 Å². The van der Waals surface area contributed by atoms with E-state index in [-0.39, 0.29) is 5.54 Å². The van der Waals surface area contributed by atoms with Crippen LogP contribution in [0.4, 0.5) is 0 Å². The smallest absolute Gasteiger partial charge is 0.0439 e. The van der Waals surface area contributed by atoms with Crippen molar-refractivity contribution in [1.82, 2.24) is 10.2 Å². The maximum Gasteiger partial charge on any atom is 0.0439 e. The van der Waals surface area contributed by atoms with Crippen molar-refractivity contribution in [3.05, 3.63) is 22.4 Å². The van der Waals surface area contributed by atoms with Gasteiger partial charge in [-0.15, -0.1) is 11.3 Å². The van der Waals surface area contributed by atoms with Gasteiger partial charge in [0, 0.05) is 29.5 Å². The molecule has 0 bridgehead atoms. The predicted molar refractivity (Wildman–Crippen MR) is 80.2 cm³/mol. The van der Waals surface area contributed by atoms with Crippen LogP contribution in [0.25, 0.3) is 0 Å². The molecule has 0 aliphatic carbocycles. The third-order valence-electron chi connectivity index (χ3n) is 4.21. The van der Waals surface area contributed by atoms with E-state index in [1.54, 1.807) is 0 Å². The molecular weight excluding hydrogens is 240 g/mol. The molecule has 0 radical (unpaired) electrons. The highest BCUT2D eigenvalue weighted by molar-refractivity contribution is 7.10. The zero-order chi connectivity index (χ0) is 13.0. The molecular formula is C15H26N2S. The number of hydrogen-bond acceptors (Lipinski definition) is 3. The number of nitrogens with zero attached hydrogens (tertiary/aromatic N) is 1. The molecule has 0 aromatic carbocycles. The number of rotatable bonds is 4. The molecule has 2 nitrogen and oxygen atoms in total. The van der Waals surface area contributed by atoms with Gasteiger partial charge in [0.05, 0.1) is 0 Å². The Labute approximate surface area is 115 Å². The number of hydrogen-bond donors (Lipinski definition) is 1. The summed E-state index contributed by atoms with van der Waals surface area (Å²) in [6, 6.07) is 5.08. The fourth-order valence-electron chi connectivity index (χ4n) is 2.88. The molecule has 1 fully saturated rings. The summed E-state index contributed by atoms with van der Waals surface area (Å²) in [7, 11) is 0. The lowest BCUT2D eigenvalue weighted by Gasteiger charge is -2.36. The molecule has 3 heteroatoms. The van der Waals surface area contributed by atoms with Crippen molar-refractivity contribution in [3.63, 3.8) is 0 Å². The predicted octanol–water partition coefficient (Wildman–Crippen LogP) is 3.66. The third-order valence-corrected chi connectivity index (χ3v) is 5.18. The molecule has 1 aromatic heterocycles. The van der Waals surface area contributed by atoms with E-state index in [4.69, 9.17) is 0 Å². The zero-order valence-electron chi connectivity index (χ0n) is 11.9. The molecule has 1 aliphatic rings. The molecule has 2 heterocycles. The van der Waals surface area contributed by atoms with E-state index < -0.39 is 0 Å². The van der Waals surface area contributed by atoms with E-state index in [9.17, 15) is 0 Å². The van der Waals surface area contributed by atoms with E-state index >= 15 is 0 Å². The van der Waals surface area contributed by atoms with Gasteiger partial charge in [-0.2, -0.15) is 0 Å². The van der Waals surface area contributed by atoms with Gasteiger partial charge in [0.25, 0.3) is 0 Å². The second-order valence-corrected chi connectivity index (χ2v) is 6.58. The Hall–Kier alpha value is -0.380. The molecule has 0 spiro atoms. The van der Waals surface area contributed by atoms with E-state index in [2.05, 4.69) is 48.5 Å². The summed E-state index contributed by atoms with van der Waals surface area (Å²) in [5.41, 5.74) is 0.279. The average Bonchev–Trinajstić information content (AvgIpc) is 2.82. The second-order valence-electron chi connectivity index (χ2n) is 5.60. The molecule has 2 unspecified atom stereocenters. The molecule has 1 N–H and O–H groups in total. The summed E-state index contributed by atoms with van der Waals surface area (Å²) in [6.45, 7) is 10.5. The van der Waals surface area contributed by atoms with Crippen LogP contribution in [0, 0.1) is 0 Å². The van der Waals surface area contributed by atoms with Crippen molar-refractivity contribution in [2.75, 3.05) is 19.6 Å². The van der Waals surface area contributed by atoms with Crippen molar-refractivity contribution in [2.45, 2.75) is 51.6 Å². The minimum absolute atomic E-state index is 0.279. The lowest BCUT2D eigenvalue weighted by Crippen LogP contribution is -2.49. The highest BCUT2D eigenvalue weighted by Gasteiger charge is 2.30. The topological polar surface area (TPSA) is 15.3 Å². The van der Waals surface area contributed by atoms with Crippen LogP contribution in [0.5, 0.6) is 0 Å². The average molecular weight is 266 g/mol. The maximum atomic E-state index is 3.72. The summed E-state index contributed by atoms with van der Waals surface area (Å²) >= 11 is 1.90. The van der Waals surface area contributed by atoms with Crippen molar-refractivity contribution in [1.29, 1.82) is 0 Å². The Balaban J connectivity index is 2.14. The van der Waals surface area contributed by atoms with Gasteiger partial charge in [0.15, 0.2) is 0 Å². The van der Waals surface area contributed by atoms with Gasteiger partial charge in [-0.3, -0.25) is 4.90 Å². The minimum atomic E-state index is 0.279. The van der Waals surface area contributed by atoms with Crippen molar-refractivity contribution in [3.8, 4) is 0 Å². The van der Waals surface area contributed by atoms with E-state index in [0.717, 1.165) is 6.54 Å². The Morgan fingerprint density at radius 1 is 1.50 bits per heavy atom. The summed E-state index contributed by atoms with van der Waals surface area (Å²) in [5, 5.41) is 5.93. The maximum absolute atomic E-state index is 3.72. The second kappa shape index (κ2) is 6.18. The lowest BCUT2D eigenvalue weighted by atomic mass is 9.97. The van der Waals surface area contributed by atoms with Gasteiger partial charge in [-0.25, -0.2) is 0 Å². The van der Waals surface area contributed by atoms with Gasteiger partial charge < -0.3 is 5.32 Å². The monoisotopic (exact) mass is 266 g/mol. The van der Waals surface area contributed by atoms with E-state index in [1.165, 1.54) is 37.2 Å². The van der Waals surface area contributed by atoms with Crippen molar-refractivity contribution < 1.29 is 0 Å². The normalized spacial score (nSPS) is 27.9. The molecule has 0 saturated carbocycles. The fraction of sp³-hybridized carbons (Fsp3) is 0.733. The van der Waals surface area contributed by atoms with Crippen LogP contribution in [-0.4, -0.2) is 30.1 Å². The Morgan fingerprint density at radius 2 is 2.33 bits per heavy atom. The van der Waals surface area contributed by atoms with E-state index in [0.29, 0.717) is 6.04 Å². The summed E-state index contributed by atoms with van der Waals surface area (Å²) < 4.78 is 0. The first kappa shape index (κ1) is 14.0. The van der Waals surface area contributed by atoms with E-state index in [1.807, 2.05) is 11.3 Å². The van der Waals surface area contributed by atoms with Gasteiger partial charge in [-0.05, 0) is 44.2 Å². The van der Waals surface area contributed by atoms with Gasteiger partial charge >= 0.3 is 0 Å². The summed E-state index contributed by atoms with van der Waals surface area (Å²) in [5.74, 6) is 0. The molecule has 18 heavy (non-hydrogen) atoms. The zero-order valence-corrected chi connectivity index (χ0v) is 12.7. The highest BCUT2D eigenvalue weighted by atomic mass is 32.1. The quantitative estimate of drug-likeness (QED) is 0.894. The molecule has 1 saturated heterocycles. The van der Waals surface area contributed by atoms with Crippen LogP contribution in [-0.2, 0) is 0 Å². The third kappa shape index (κ3) is 3.14. The molecule has 102 valence electrons. The van der Waals surface area contributed by atoms with Crippen molar-refractivity contribution >= 4 is 11.3 Å². The van der Waals surface area contributed by atoms with Gasteiger partial charge in [-0.1, -0.05) is 19.9 Å². The largest absolute Gasteiger partial charge is 0.310 e. The van der Waals surface area contributed by atoms with Crippen LogP contribution in [0.1, 0.15) is 51.0 Å². The Bertz CT molecular complexity index is 349. The highest BCUT2D eigenvalue weighted by Crippen LogP contribution is 2.30. The molecule has 2 atom stereocenters. The van der Waals surface area contributed by atoms with Crippen LogP contribution >= 0.6 is 11.3 Å². The van der Waals surface area contributed by atoms with Crippen LogP contribution < -0.4 is 5.32 Å². The summed E-state index contributed by atoms with van der Waals surface area (Å²) in [4.78, 5) is 4.22. The standard InChI is InChI=1S/C15H26N2S/c1-4-13(14-8-6-11-18-14)17-10-7-9-16-15(3,5-2)12-17/h6,8,11,13,16H,4-5,7,9-10,12H2,1-3H3. The molecule has 1 aromatic rings. The van der Waals surface area contributed by atoms with Crippen LogP contribution in [0.3, 0.4) is 0 Å². The number of nitrogens with one attached hydrogen (secondary N) is 1. The first-order valence-corrected chi connectivity index (χ1v) is 8.09. The Morgan fingerprint density at radius 3 is 2.94 bits per heavy atom. The molecule has 0 amide bonds. The van der Waals surface area contributed by atoms with Crippen LogP contribution in [0.15, 0.2) is 17.5 Å². The SMILES string of the molecule is CCC(c1cccs1)N1CCCNC(C)(CC)C1. The lowest BCUT2D eigenvalue weighted by molar-refractivity contribution is 0.158. The first-order valence-electron chi connectivity index (χ1n) is 7.21. The first-order chi connectivity index (χ1) is 8.68. The van der Waals surface area contributed by atoms with Crippen molar-refractivity contribution in [2.24, 2.45) is 0 Å². The number of thiophene rings is 1. The van der Waals surface area contributed by atoms with Gasteiger partial charge in [0.1, 0.15) is 0 Å². The summed E-state index contributed by atoms with van der Waals surface area (Å²) in [6.07, 6.45) is 3.67.